The summed E-state index contributed by atoms with van der Waals surface area (Å²) in [4.78, 5) is 0.0223. The summed E-state index contributed by atoms with van der Waals surface area (Å²) < 4.78 is 27.0. The van der Waals surface area contributed by atoms with E-state index in [9.17, 15) is 13.5 Å². The number of sulfonamides is 1. The van der Waals surface area contributed by atoms with Crippen molar-refractivity contribution in [2.24, 2.45) is 5.41 Å². The number of hydrogen-bond acceptors (Lipinski definition) is 3. The molecule has 1 aromatic rings. The van der Waals surface area contributed by atoms with Gasteiger partial charge in [0.25, 0.3) is 0 Å². The van der Waals surface area contributed by atoms with E-state index in [1.807, 2.05) is 13.8 Å². The van der Waals surface area contributed by atoms with Gasteiger partial charge in [0, 0.05) is 28.6 Å². The quantitative estimate of drug-likeness (QED) is 0.802. The smallest absolute Gasteiger partial charge is 0.240 e. The van der Waals surface area contributed by atoms with Gasteiger partial charge in [0.05, 0.1) is 4.90 Å². The van der Waals surface area contributed by atoms with E-state index in [1.165, 1.54) is 18.2 Å². The Kier molecular flexibility index (Phi) is 6.28. The highest BCUT2D eigenvalue weighted by Crippen LogP contribution is 2.26. The molecule has 0 saturated carbocycles. The first-order valence-corrected chi connectivity index (χ1v) is 8.59. The molecule has 4 nitrogen and oxygen atoms in total. The summed E-state index contributed by atoms with van der Waals surface area (Å²) >= 11 is 11.6. The van der Waals surface area contributed by atoms with Crippen LogP contribution in [0.4, 0.5) is 0 Å². The molecule has 0 fully saturated rings. The van der Waals surface area contributed by atoms with Gasteiger partial charge in [-0.05, 0) is 31.0 Å². The van der Waals surface area contributed by atoms with Gasteiger partial charge in [-0.2, -0.15) is 0 Å². The number of hydrogen-bond donors (Lipinski definition) is 2. The lowest BCUT2D eigenvalue weighted by atomic mass is 9.84. The minimum Gasteiger partial charge on any atom is -0.396 e. The Balaban J connectivity index is 2.95. The number of rotatable bonds is 7. The van der Waals surface area contributed by atoms with E-state index in [4.69, 9.17) is 23.2 Å². The maximum atomic E-state index is 12.2. The predicted molar refractivity (Wildman–Crippen MR) is 81.8 cm³/mol. The van der Waals surface area contributed by atoms with Crippen LogP contribution in [0, 0.1) is 5.41 Å². The van der Waals surface area contributed by atoms with Gasteiger partial charge in [-0.25, -0.2) is 13.1 Å². The van der Waals surface area contributed by atoms with Crippen molar-refractivity contribution < 1.29 is 13.5 Å². The first kappa shape index (κ1) is 17.7. The lowest BCUT2D eigenvalue weighted by molar-refractivity contribution is 0.119. The van der Waals surface area contributed by atoms with E-state index in [1.54, 1.807) is 0 Å². The van der Waals surface area contributed by atoms with E-state index in [0.29, 0.717) is 12.8 Å². The Morgan fingerprint density at radius 3 is 2.05 bits per heavy atom. The first-order chi connectivity index (χ1) is 9.28. The number of aliphatic hydroxyl groups is 1. The average Bonchev–Trinajstić information content (AvgIpc) is 2.40. The molecule has 1 aromatic carbocycles. The van der Waals surface area contributed by atoms with Crippen LogP contribution < -0.4 is 4.72 Å². The third-order valence-electron chi connectivity index (χ3n) is 3.62. The summed E-state index contributed by atoms with van der Waals surface area (Å²) in [6.45, 7) is 3.94. The molecule has 0 aliphatic heterocycles. The van der Waals surface area contributed by atoms with Crippen molar-refractivity contribution in [3.05, 3.63) is 28.2 Å². The predicted octanol–water partition coefficient (Wildman–Crippen LogP) is 3.07. The third kappa shape index (κ3) is 4.33. The molecular weight excluding hydrogens is 321 g/mol. The van der Waals surface area contributed by atoms with Gasteiger partial charge in [-0.1, -0.05) is 37.0 Å². The summed E-state index contributed by atoms with van der Waals surface area (Å²) in [5.74, 6) is 0. The maximum absolute atomic E-state index is 12.2. The summed E-state index contributed by atoms with van der Waals surface area (Å²) in [6, 6.07) is 4.15. The molecule has 7 heteroatoms. The van der Waals surface area contributed by atoms with Gasteiger partial charge >= 0.3 is 0 Å². The second-order valence-electron chi connectivity index (χ2n) is 4.79. The molecule has 0 aromatic heterocycles. The molecule has 0 unspecified atom stereocenters. The second kappa shape index (κ2) is 7.09. The highest BCUT2D eigenvalue weighted by molar-refractivity contribution is 7.89. The van der Waals surface area contributed by atoms with E-state index in [2.05, 4.69) is 4.72 Å². The Morgan fingerprint density at radius 2 is 1.65 bits per heavy atom. The molecule has 0 amide bonds. The molecule has 0 aliphatic carbocycles. The second-order valence-corrected chi connectivity index (χ2v) is 7.43. The summed E-state index contributed by atoms with van der Waals surface area (Å²) in [5, 5.41) is 9.98. The molecule has 2 N–H and O–H groups in total. The lowest BCUT2D eigenvalue weighted by Crippen LogP contribution is -2.39. The van der Waals surface area contributed by atoms with Gasteiger partial charge < -0.3 is 5.11 Å². The molecule has 0 heterocycles. The Labute approximate surface area is 130 Å². The summed E-state index contributed by atoms with van der Waals surface area (Å²) in [6.07, 6.45) is 1.36. The molecule has 0 atom stereocenters. The Bertz CT molecular complexity index is 528. The van der Waals surface area contributed by atoms with Crippen LogP contribution in [-0.4, -0.2) is 26.7 Å². The molecule has 0 bridgehead atoms. The van der Waals surface area contributed by atoms with E-state index in [-0.39, 0.29) is 28.1 Å². The molecule has 0 spiro atoms. The molecular formula is C13H19Cl2NO3S. The van der Waals surface area contributed by atoms with Crippen molar-refractivity contribution in [1.29, 1.82) is 0 Å². The van der Waals surface area contributed by atoms with Gasteiger partial charge in [-0.15, -0.1) is 0 Å². The SMILES string of the molecule is CCC(CC)(CO)CNS(=O)(=O)c1cc(Cl)cc(Cl)c1. The summed E-state index contributed by atoms with van der Waals surface area (Å²) in [7, 11) is -3.70. The zero-order chi connectivity index (χ0) is 15.4. The van der Waals surface area contributed by atoms with Gasteiger partial charge in [0.15, 0.2) is 0 Å². The minimum atomic E-state index is -3.70. The van der Waals surface area contributed by atoms with Gasteiger partial charge in [-0.3, -0.25) is 0 Å². The number of benzene rings is 1. The molecule has 20 heavy (non-hydrogen) atoms. The van der Waals surface area contributed by atoms with Crippen molar-refractivity contribution in [3.8, 4) is 0 Å². The third-order valence-corrected chi connectivity index (χ3v) is 5.44. The molecule has 0 aliphatic rings. The fourth-order valence-corrected chi connectivity index (χ4v) is 3.68. The first-order valence-electron chi connectivity index (χ1n) is 6.35. The number of aliphatic hydroxyl groups excluding tert-OH is 1. The van der Waals surface area contributed by atoms with Crippen LogP contribution in [-0.2, 0) is 10.0 Å². The topological polar surface area (TPSA) is 66.4 Å². The fourth-order valence-electron chi connectivity index (χ4n) is 1.79. The normalized spacial score (nSPS) is 12.7. The highest BCUT2D eigenvalue weighted by atomic mass is 35.5. The summed E-state index contributed by atoms with van der Waals surface area (Å²) in [5.41, 5.74) is -0.449. The minimum absolute atomic E-state index is 0.0223. The van der Waals surface area contributed by atoms with Crippen LogP contribution in [0.15, 0.2) is 23.1 Å². The van der Waals surface area contributed by atoms with E-state index < -0.39 is 15.4 Å². The Morgan fingerprint density at radius 1 is 1.15 bits per heavy atom. The highest BCUT2D eigenvalue weighted by Gasteiger charge is 2.28. The number of halogens is 2. The largest absolute Gasteiger partial charge is 0.396 e. The van der Waals surface area contributed by atoms with Crippen molar-refractivity contribution in [2.75, 3.05) is 13.2 Å². The zero-order valence-electron chi connectivity index (χ0n) is 11.5. The van der Waals surface area contributed by atoms with Gasteiger partial charge in [0.1, 0.15) is 0 Å². The van der Waals surface area contributed by atoms with Crippen LogP contribution in [0.2, 0.25) is 10.0 Å². The zero-order valence-corrected chi connectivity index (χ0v) is 13.8. The molecule has 0 saturated heterocycles. The fraction of sp³-hybridized carbons (Fsp3) is 0.538. The van der Waals surface area contributed by atoms with Crippen LogP contribution >= 0.6 is 23.2 Å². The van der Waals surface area contributed by atoms with Gasteiger partial charge in [0.2, 0.25) is 10.0 Å². The van der Waals surface area contributed by atoms with Crippen molar-refractivity contribution >= 4 is 33.2 Å². The van der Waals surface area contributed by atoms with Crippen molar-refractivity contribution in [1.82, 2.24) is 4.72 Å². The number of nitrogens with one attached hydrogen (secondary N) is 1. The van der Waals surface area contributed by atoms with Crippen LogP contribution in [0.1, 0.15) is 26.7 Å². The molecule has 0 radical (unpaired) electrons. The monoisotopic (exact) mass is 339 g/mol. The molecule has 114 valence electrons. The van der Waals surface area contributed by atoms with Crippen LogP contribution in [0.25, 0.3) is 0 Å². The lowest BCUT2D eigenvalue weighted by Gasteiger charge is -2.29. The Hall–Kier alpha value is -0.330. The van der Waals surface area contributed by atoms with Crippen molar-refractivity contribution in [2.45, 2.75) is 31.6 Å². The van der Waals surface area contributed by atoms with Crippen molar-refractivity contribution in [3.63, 3.8) is 0 Å². The van der Waals surface area contributed by atoms with E-state index >= 15 is 0 Å². The average molecular weight is 340 g/mol. The standard InChI is InChI=1S/C13H19Cl2NO3S/c1-3-13(4-2,9-17)8-16-20(18,19)12-6-10(14)5-11(15)7-12/h5-7,16-17H,3-4,8-9H2,1-2H3. The molecule has 1 rings (SSSR count). The van der Waals surface area contributed by atoms with Crippen LogP contribution in [0.3, 0.4) is 0 Å². The van der Waals surface area contributed by atoms with E-state index in [0.717, 1.165) is 0 Å². The van der Waals surface area contributed by atoms with Crippen LogP contribution in [0.5, 0.6) is 0 Å². The maximum Gasteiger partial charge on any atom is 0.240 e.